The third-order valence-corrected chi connectivity index (χ3v) is 4.59. The monoisotopic (exact) mass is 330 g/mol. The highest BCUT2D eigenvalue weighted by molar-refractivity contribution is 7.13. The molecule has 23 heavy (non-hydrogen) atoms. The fourth-order valence-corrected chi connectivity index (χ4v) is 3.32. The number of hydrogen-bond donors (Lipinski definition) is 1. The van der Waals surface area contributed by atoms with Gasteiger partial charge >= 0.3 is 0 Å². The average Bonchev–Trinajstić information content (AvgIpc) is 3.07. The van der Waals surface area contributed by atoms with Gasteiger partial charge in [-0.15, -0.1) is 11.3 Å². The van der Waals surface area contributed by atoms with E-state index in [2.05, 4.69) is 10.3 Å². The van der Waals surface area contributed by atoms with Crippen molar-refractivity contribution in [1.29, 1.82) is 5.26 Å². The van der Waals surface area contributed by atoms with Crippen LogP contribution in [0, 0.1) is 23.1 Å². The van der Waals surface area contributed by atoms with Crippen LogP contribution in [0.1, 0.15) is 18.4 Å². The molecule has 7 heteroatoms. The lowest BCUT2D eigenvalue weighted by Crippen LogP contribution is -2.41. The zero-order valence-electron chi connectivity index (χ0n) is 12.3. The summed E-state index contributed by atoms with van der Waals surface area (Å²) in [4.78, 5) is 18.3. The molecular formula is C16H15FN4OS. The number of carbonyl (C=O) groups is 1. The highest BCUT2D eigenvalue weighted by Crippen LogP contribution is 2.28. The minimum atomic E-state index is -0.528. The average molecular weight is 330 g/mol. The molecule has 3 rings (SSSR count). The standard InChI is InChI=1S/C16H15FN4OS/c17-13-4-1-5-14(12(13)9-18)21-7-2-3-11(10-21)15(22)20-16-19-6-8-23-16/h1,4-6,8,11H,2-3,7,10H2,(H,19,20,22)/t11-/m1/s1. The van der Waals surface area contributed by atoms with E-state index in [9.17, 15) is 14.4 Å². The first-order chi connectivity index (χ1) is 11.2. The van der Waals surface area contributed by atoms with Gasteiger partial charge in [0.25, 0.3) is 0 Å². The van der Waals surface area contributed by atoms with E-state index in [1.807, 2.05) is 11.0 Å². The molecule has 1 fully saturated rings. The van der Waals surface area contributed by atoms with Gasteiger partial charge in [0.05, 0.1) is 11.6 Å². The second-order valence-corrected chi connectivity index (χ2v) is 6.25. The third kappa shape index (κ3) is 3.32. The molecule has 1 aliphatic heterocycles. The number of hydrogen-bond acceptors (Lipinski definition) is 5. The molecule has 0 spiro atoms. The van der Waals surface area contributed by atoms with Crippen molar-refractivity contribution in [3.05, 3.63) is 41.2 Å². The fourth-order valence-electron chi connectivity index (χ4n) is 2.79. The van der Waals surface area contributed by atoms with Gasteiger partial charge in [-0.05, 0) is 25.0 Å². The van der Waals surface area contributed by atoms with E-state index < -0.39 is 5.82 Å². The van der Waals surface area contributed by atoms with Crippen molar-refractivity contribution < 1.29 is 9.18 Å². The summed E-state index contributed by atoms with van der Waals surface area (Å²) >= 11 is 1.37. The molecule has 0 bridgehead atoms. The number of nitriles is 1. The zero-order chi connectivity index (χ0) is 16.2. The summed E-state index contributed by atoms with van der Waals surface area (Å²) in [5.41, 5.74) is 0.590. The Morgan fingerprint density at radius 2 is 2.39 bits per heavy atom. The summed E-state index contributed by atoms with van der Waals surface area (Å²) in [6.45, 7) is 1.18. The SMILES string of the molecule is N#Cc1c(F)cccc1N1CCC[C@@H](C(=O)Nc2nccs2)C1. The minimum absolute atomic E-state index is 0.0356. The van der Waals surface area contributed by atoms with E-state index >= 15 is 0 Å². The van der Waals surface area contributed by atoms with Crippen LogP contribution in [0.25, 0.3) is 0 Å². The Labute approximate surface area is 137 Å². The molecule has 1 N–H and O–H groups in total. The quantitative estimate of drug-likeness (QED) is 0.939. The lowest BCUT2D eigenvalue weighted by molar-refractivity contribution is -0.120. The first-order valence-corrected chi connectivity index (χ1v) is 8.21. The van der Waals surface area contributed by atoms with Gasteiger partial charge in [0.2, 0.25) is 5.91 Å². The van der Waals surface area contributed by atoms with Crippen LogP contribution in [-0.2, 0) is 4.79 Å². The first-order valence-electron chi connectivity index (χ1n) is 7.33. The Bertz CT molecular complexity index is 741. The number of anilines is 2. The Morgan fingerprint density at radius 3 is 3.13 bits per heavy atom. The number of rotatable bonds is 3. The van der Waals surface area contributed by atoms with Crippen LogP contribution in [0.4, 0.5) is 15.2 Å². The number of benzene rings is 1. The molecule has 0 saturated carbocycles. The van der Waals surface area contributed by atoms with Crippen molar-refractivity contribution in [1.82, 2.24) is 4.98 Å². The largest absolute Gasteiger partial charge is 0.370 e. The molecule has 2 aromatic rings. The van der Waals surface area contributed by atoms with Crippen LogP contribution in [0.15, 0.2) is 29.8 Å². The molecule has 1 atom stereocenters. The molecule has 0 radical (unpaired) electrons. The Kier molecular flexibility index (Phi) is 4.53. The van der Waals surface area contributed by atoms with Gasteiger partial charge < -0.3 is 10.2 Å². The van der Waals surface area contributed by atoms with Gasteiger partial charge in [-0.3, -0.25) is 4.79 Å². The first kappa shape index (κ1) is 15.4. The van der Waals surface area contributed by atoms with E-state index in [1.165, 1.54) is 17.4 Å². The number of aromatic nitrogens is 1. The molecule has 1 saturated heterocycles. The van der Waals surface area contributed by atoms with Crippen molar-refractivity contribution >= 4 is 28.1 Å². The van der Waals surface area contributed by atoms with Crippen molar-refractivity contribution in [2.45, 2.75) is 12.8 Å². The summed E-state index contributed by atoms with van der Waals surface area (Å²) in [7, 11) is 0. The summed E-state index contributed by atoms with van der Waals surface area (Å²) in [5.74, 6) is -0.818. The van der Waals surface area contributed by atoms with Crippen molar-refractivity contribution in [2.24, 2.45) is 5.92 Å². The molecule has 5 nitrogen and oxygen atoms in total. The molecule has 1 aromatic heterocycles. The third-order valence-electron chi connectivity index (χ3n) is 3.90. The van der Waals surface area contributed by atoms with Crippen LogP contribution in [0.3, 0.4) is 0 Å². The molecule has 0 unspecified atom stereocenters. The van der Waals surface area contributed by atoms with Crippen LogP contribution >= 0.6 is 11.3 Å². The highest BCUT2D eigenvalue weighted by Gasteiger charge is 2.28. The number of carbonyl (C=O) groups excluding carboxylic acids is 1. The van der Waals surface area contributed by atoms with Crippen molar-refractivity contribution in [2.75, 3.05) is 23.3 Å². The summed E-state index contributed by atoms with van der Waals surface area (Å²) in [5, 5.41) is 14.4. The summed E-state index contributed by atoms with van der Waals surface area (Å²) < 4.78 is 13.8. The number of thiazole rings is 1. The van der Waals surface area contributed by atoms with Crippen LogP contribution in [0.2, 0.25) is 0 Å². The molecule has 118 valence electrons. The van der Waals surface area contributed by atoms with E-state index in [0.717, 1.165) is 12.8 Å². The molecule has 0 aliphatic carbocycles. The second kappa shape index (κ2) is 6.75. The fraction of sp³-hybridized carbons (Fsp3) is 0.312. The summed E-state index contributed by atoms with van der Waals surface area (Å²) in [6, 6.07) is 6.51. The van der Waals surface area contributed by atoms with Gasteiger partial charge in [-0.1, -0.05) is 6.07 Å². The van der Waals surface area contributed by atoms with Crippen molar-refractivity contribution in [3.63, 3.8) is 0 Å². The van der Waals surface area contributed by atoms with Crippen LogP contribution < -0.4 is 10.2 Å². The van der Waals surface area contributed by atoms with E-state index in [4.69, 9.17) is 0 Å². The van der Waals surface area contributed by atoms with Gasteiger partial charge in [0, 0.05) is 24.7 Å². The molecule has 1 amide bonds. The number of piperidine rings is 1. The van der Waals surface area contributed by atoms with E-state index in [1.54, 1.807) is 23.7 Å². The van der Waals surface area contributed by atoms with Gasteiger partial charge in [0.1, 0.15) is 17.4 Å². The predicted octanol–water partition coefficient (Wildman–Crippen LogP) is 3.01. The lowest BCUT2D eigenvalue weighted by atomic mass is 9.96. The van der Waals surface area contributed by atoms with Gasteiger partial charge in [0.15, 0.2) is 5.13 Å². The lowest BCUT2D eigenvalue weighted by Gasteiger charge is -2.34. The van der Waals surface area contributed by atoms with Crippen molar-refractivity contribution in [3.8, 4) is 6.07 Å². The molecule has 1 aromatic carbocycles. The normalized spacial score (nSPS) is 17.6. The highest BCUT2D eigenvalue weighted by atomic mass is 32.1. The smallest absolute Gasteiger partial charge is 0.231 e. The number of amides is 1. The van der Waals surface area contributed by atoms with E-state index in [-0.39, 0.29) is 17.4 Å². The Balaban J connectivity index is 1.75. The maximum Gasteiger partial charge on any atom is 0.231 e. The summed E-state index contributed by atoms with van der Waals surface area (Å²) in [6.07, 6.45) is 3.22. The minimum Gasteiger partial charge on any atom is -0.370 e. The molecule has 1 aliphatic rings. The van der Waals surface area contributed by atoms with Gasteiger partial charge in [-0.2, -0.15) is 5.26 Å². The number of halogens is 1. The van der Waals surface area contributed by atoms with Crippen LogP contribution in [0.5, 0.6) is 0 Å². The number of nitrogens with one attached hydrogen (secondary N) is 1. The molecular weight excluding hydrogens is 315 g/mol. The van der Waals surface area contributed by atoms with Gasteiger partial charge in [-0.25, -0.2) is 9.37 Å². The second-order valence-electron chi connectivity index (χ2n) is 5.36. The van der Waals surface area contributed by atoms with E-state index in [0.29, 0.717) is 23.9 Å². The van der Waals surface area contributed by atoms with Crippen LogP contribution in [-0.4, -0.2) is 24.0 Å². The zero-order valence-corrected chi connectivity index (χ0v) is 13.1. The Hall–Kier alpha value is -2.46. The Morgan fingerprint density at radius 1 is 1.52 bits per heavy atom. The maximum atomic E-state index is 13.8. The molecule has 2 heterocycles. The number of nitrogens with zero attached hydrogens (tertiary/aromatic N) is 3. The predicted molar refractivity (Wildman–Crippen MR) is 86.8 cm³/mol. The topological polar surface area (TPSA) is 69.0 Å². The maximum absolute atomic E-state index is 13.8.